The largest absolute Gasteiger partial charge is 0.481 e. The van der Waals surface area contributed by atoms with Crippen molar-refractivity contribution in [3.05, 3.63) is 35.9 Å². The highest BCUT2D eigenvalue weighted by Crippen LogP contribution is 2.44. The molecule has 1 saturated carbocycles. The van der Waals surface area contributed by atoms with Crippen LogP contribution in [-0.4, -0.2) is 24.2 Å². The minimum Gasteiger partial charge on any atom is -0.481 e. The lowest BCUT2D eigenvalue weighted by molar-refractivity contribution is -0.140. The molecular formula is C20H31NO2. The summed E-state index contributed by atoms with van der Waals surface area (Å²) in [5.74, 6) is 0.603. The van der Waals surface area contributed by atoms with Crippen molar-refractivity contribution >= 4 is 5.97 Å². The Morgan fingerprint density at radius 3 is 2.48 bits per heavy atom. The fourth-order valence-corrected chi connectivity index (χ4v) is 4.50. The zero-order chi connectivity index (χ0) is 16.7. The molecule has 1 aliphatic carbocycles. The summed E-state index contributed by atoms with van der Waals surface area (Å²) in [4.78, 5) is 11.3. The number of aryl methyl sites for hydroxylation is 1. The van der Waals surface area contributed by atoms with Crippen molar-refractivity contribution in [3.63, 3.8) is 0 Å². The summed E-state index contributed by atoms with van der Waals surface area (Å²) >= 11 is 0. The molecule has 3 heteroatoms. The van der Waals surface area contributed by atoms with Crippen LogP contribution in [0.25, 0.3) is 0 Å². The second-order valence-electron chi connectivity index (χ2n) is 7.69. The third kappa shape index (κ3) is 5.98. The Hall–Kier alpha value is -1.35. The van der Waals surface area contributed by atoms with Crippen LogP contribution in [0.4, 0.5) is 0 Å². The first-order valence-corrected chi connectivity index (χ1v) is 8.95. The number of hydrogen-bond acceptors (Lipinski definition) is 2. The summed E-state index contributed by atoms with van der Waals surface area (Å²) in [6.07, 6.45) is 5.78. The van der Waals surface area contributed by atoms with Crippen LogP contribution < -0.4 is 5.32 Å². The van der Waals surface area contributed by atoms with Gasteiger partial charge in [0.1, 0.15) is 0 Å². The van der Waals surface area contributed by atoms with Crippen molar-refractivity contribution in [3.8, 4) is 0 Å². The zero-order valence-electron chi connectivity index (χ0n) is 14.6. The average Bonchev–Trinajstić information content (AvgIpc) is 2.46. The first-order valence-electron chi connectivity index (χ1n) is 8.95. The van der Waals surface area contributed by atoms with Crippen LogP contribution in [0.5, 0.6) is 0 Å². The molecule has 2 rings (SSSR count). The number of carboxylic acid groups (broad SMARTS) is 1. The Morgan fingerprint density at radius 2 is 1.87 bits per heavy atom. The molecule has 3 nitrogen and oxygen atoms in total. The van der Waals surface area contributed by atoms with Crippen LogP contribution in [0, 0.1) is 17.3 Å². The maximum atomic E-state index is 11.3. The van der Waals surface area contributed by atoms with E-state index in [1.165, 1.54) is 12.0 Å². The minimum absolute atomic E-state index is 0.0599. The van der Waals surface area contributed by atoms with Gasteiger partial charge < -0.3 is 10.4 Å². The third-order valence-corrected chi connectivity index (χ3v) is 5.06. The Morgan fingerprint density at radius 1 is 1.22 bits per heavy atom. The van der Waals surface area contributed by atoms with Crippen molar-refractivity contribution in [1.29, 1.82) is 0 Å². The molecule has 23 heavy (non-hydrogen) atoms. The summed E-state index contributed by atoms with van der Waals surface area (Å²) in [7, 11) is 0. The quantitative estimate of drug-likeness (QED) is 0.709. The lowest BCUT2D eigenvalue weighted by atomic mass is 9.64. The average molecular weight is 317 g/mol. The van der Waals surface area contributed by atoms with Crippen molar-refractivity contribution in [2.75, 3.05) is 13.1 Å². The van der Waals surface area contributed by atoms with Crippen molar-refractivity contribution in [1.82, 2.24) is 5.32 Å². The van der Waals surface area contributed by atoms with E-state index in [9.17, 15) is 9.90 Å². The van der Waals surface area contributed by atoms with Gasteiger partial charge >= 0.3 is 5.97 Å². The smallest absolute Gasteiger partial charge is 0.303 e. The second-order valence-corrected chi connectivity index (χ2v) is 7.69. The van der Waals surface area contributed by atoms with E-state index in [4.69, 9.17) is 0 Å². The van der Waals surface area contributed by atoms with Crippen LogP contribution in [0.15, 0.2) is 30.3 Å². The van der Waals surface area contributed by atoms with Gasteiger partial charge in [-0.3, -0.25) is 4.79 Å². The summed E-state index contributed by atoms with van der Waals surface area (Å²) in [6.45, 7) is 6.32. The molecule has 1 fully saturated rings. The van der Waals surface area contributed by atoms with Gasteiger partial charge in [0.05, 0.1) is 6.42 Å². The van der Waals surface area contributed by atoms with Crippen LogP contribution in [0.1, 0.15) is 51.5 Å². The zero-order valence-corrected chi connectivity index (χ0v) is 14.6. The molecule has 1 aromatic carbocycles. The van der Waals surface area contributed by atoms with E-state index in [2.05, 4.69) is 43.4 Å². The Bertz CT molecular complexity index is 476. The number of rotatable bonds is 8. The molecule has 0 bridgehead atoms. The van der Waals surface area contributed by atoms with Gasteiger partial charge in [-0.05, 0) is 61.5 Å². The molecule has 128 valence electrons. The van der Waals surface area contributed by atoms with Gasteiger partial charge in [-0.2, -0.15) is 0 Å². The SMILES string of the molecule is CC1CC(C)CC(CNCCCc2ccccc2)(CC(=O)O)C1. The van der Waals surface area contributed by atoms with Crippen LogP contribution in [0.2, 0.25) is 0 Å². The summed E-state index contributed by atoms with van der Waals surface area (Å²) in [6, 6.07) is 10.5. The monoisotopic (exact) mass is 317 g/mol. The first kappa shape index (κ1) is 18.0. The van der Waals surface area contributed by atoms with E-state index >= 15 is 0 Å². The molecule has 0 amide bonds. The number of carboxylic acids is 1. The van der Waals surface area contributed by atoms with Crippen molar-refractivity contribution < 1.29 is 9.90 Å². The fraction of sp³-hybridized carbons (Fsp3) is 0.650. The first-order chi connectivity index (χ1) is 11.0. The van der Waals surface area contributed by atoms with Gasteiger partial charge in [0.15, 0.2) is 0 Å². The third-order valence-electron chi connectivity index (χ3n) is 5.06. The normalized spacial score (nSPS) is 27.7. The molecule has 2 atom stereocenters. The Balaban J connectivity index is 1.80. The van der Waals surface area contributed by atoms with Gasteiger partial charge in [-0.25, -0.2) is 0 Å². The van der Waals surface area contributed by atoms with Crippen LogP contribution in [-0.2, 0) is 11.2 Å². The maximum absolute atomic E-state index is 11.3. The Labute approximate surface area is 140 Å². The highest BCUT2D eigenvalue weighted by atomic mass is 16.4. The maximum Gasteiger partial charge on any atom is 0.303 e. The molecular weight excluding hydrogens is 286 g/mol. The van der Waals surface area contributed by atoms with Crippen LogP contribution >= 0.6 is 0 Å². The van der Waals surface area contributed by atoms with E-state index in [0.29, 0.717) is 18.3 Å². The van der Waals surface area contributed by atoms with E-state index in [0.717, 1.165) is 38.8 Å². The lowest BCUT2D eigenvalue weighted by Crippen LogP contribution is -2.42. The fourth-order valence-electron chi connectivity index (χ4n) is 4.50. The number of hydrogen-bond donors (Lipinski definition) is 2. The van der Waals surface area contributed by atoms with Crippen molar-refractivity contribution in [2.24, 2.45) is 17.3 Å². The summed E-state index contributed by atoms with van der Waals surface area (Å²) < 4.78 is 0. The van der Waals surface area contributed by atoms with Gasteiger partial charge in [-0.1, -0.05) is 44.2 Å². The molecule has 2 unspecified atom stereocenters. The van der Waals surface area contributed by atoms with E-state index in [1.54, 1.807) is 0 Å². The predicted molar refractivity (Wildman–Crippen MR) is 94.5 cm³/mol. The minimum atomic E-state index is -0.655. The van der Waals surface area contributed by atoms with E-state index in [1.807, 2.05) is 6.07 Å². The second kappa shape index (κ2) is 8.49. The van der Waals surface area contributed by atoms with Gasteiger partial charge in [0.25, 0.3) is 0 Å². The highest BCUT2D eigenvalue weighted by Gasteiger charge is 2.39. The number of nitrogens with one attached hydrogen (secondary N) is 1. The lowest BCUT2D eigenvalue weighted by Gasteiger charge is -2.42. The molecule has 2 N–H and O–H groups in total. The molecule has 0 aliphatic heterocycles. The Kier molecular flexibility index (Phi) is 6.64. The van der Waals surface area contributed by atoms with Crippen LogP contribution in [0.3, 0.4) is 0 Å². The highest BCUT2D eigenvalue weighted by molar-refractivity contribution is 5.67. The molecule has 0 radical (unpaired) electrons. The van der Waals surface area contributed by atoms with Gasteiger partial charge in [0.2, 0.25) is 0 Å². The number of benzene rings is 1. The van der Waals surface area contributed by atoms with Gasteiger partial charge in [-0.15, -0.1) is 0 Å². The topological polar surface area (TPSA) is 49.3 Å². The molecule has 1 aliphatic rings. The molecule has 1 aromatic rings. The molecule has 0 heterocycles. The summed E-state index contributed by atoms with van der Waals surface area (Å²) in [5.41, 5.74) is 1.31. The van der Waals surface area contributed by atoms with E-state index < -0.39 is 5.97 Å². The molecule has 0 saturated heterocycles. The van der Waals surface area contributed by atoms with Gasteiger partial charge in [0, 0.05) is 6.54 Å². The predicted octanol–water partition coefficient (Wildman–Crippen LogP) is 4.13. The van der Waals surface area contributed by atoms with E-state index in [-0.39, 0.29) is 5.41 Å². The number of carbonyl (C=O) groups is 1. The van der Waals surface area contributed by atoms with Crippen molar-refractivity contribution in [2.45, 2.75) is 52.4 Å². The standard InChI is InChI=1S/C20H31NO2/c1-16-11-17(2)13-20(12-16,14-19(22)23)15-21-10-6-9-18-7-4-3-5-8-18/h3-5,7-8,16-17,21H,6,9-15H2,1-2H3,(H,22,23). The molecule has 0 aromatic heterocycles. The molecule has 0 spiro atoms. The number of aliphatic carboxylic acids is 1. The summed E-state index contributed by atoms with van der Waals surface area (Å²) in [5, 5.41) is 12.9.